The molecule has 1 heterocycles. The van der Waals surface area contributed by atoms with Crippen LogP contribution in [0.3, 0.4) is 0 Å². The van der Waals surface area contributed by atoms with Crippen molar-refractivity contribution >= 4 is 29.0 Å². The molecule has 0 bridgehead atoms. The number of nitrogens with two attached hydrogens (primary N) is 1. The van der Waals surface area contributed by atoms with Crippen molar-refractivity contribution in [2.24, 2.45) is 28.6 Å². The van der Waals surface area contributed by atoms with Crippen molar-refractivity contribution in [2.75, 3.05) is 12.3 Å². The minimum atomic E-state index is -1.39. The fourth-order valence-corrected chi connectivity index (χ4v) is 10.3. The number of carbonyl (C=O) groups is 2. The van der Waals surface area contributed by atoms with Crippen molar-refractivity contribution < 1.29 is 29.3 Å². The molecule has 1 aliphatic heterocycles. The van der Waals surface area contributed by atoms with Crippen molar-refractivity contribution in [3.8, 4) is 0 Å². The average Bonchev–Trinajstić information content (AvgIpc) is 3.42. The molecule has 8 heteroatoms. The number of allylic oxidation sites excluding steroid dienone is 4. The highest BCUT2D eigenvalue weighted by molar-refractivity contribution is 7.99. The Morgan fingerprint density at radius 3 is 2.42 bits per heavy atom. The number of Topliss-reactive ketones (excluding diaryl/α,β-unsaturated/α-hetero) is 1. The lowest BCUT2D eigenvalue weighted by atomic mass is 9.46. The molecule has 0 spiro atoms. The van der Waals surface area contributed by atoms with Gasteiger partial charge in [-0.25, -0.2) is 0 Å². The Morgan fingerprint density at radius 1 is 1.07 bits per heavy atom. The minimum Gasteiger partial charge on any atom is -0.399 e. The average molecular weight is 602 g/mol. The molecule has 0 radical (unpaired) electrons. The van der Waals surface area contributed by atoms with E-state index < -0.39 is 46.8 Å². The van der Waals surface area contributed by atoms with Crippen LogP contribution in [0, 0.1) is 28.6 Å². The van der Waals surface area contributed by atoms with Crippen molar-refractivity contribution in [1.29, 1.82) is 0 Å². The molecule has 3 saturated carbocycles. The second-order valence-electron chi connectivity index (χ2n) is 13.6. The molecule has 1 unspecified atom stereocenters. The third kappa shape index (κ3) is 4.10. The maximum absolute atomic E-state index is 13.9. The summed E-state index contributed by atoms with van der Waals surface area (Å²) >= 11 is 1.62. The van der Waals surface area contributed by atoms with Gasteiger partial charge in [0.1, 0.15) is 6.61 Å². The van der Waals surface area contributed by atoms with Gasteiger partial charge in [0.2, 0.25) is 0 Å². The van der Waals surface area contributed by atoms with E-state index in [2.05, 4.69) is 13.8 Å². The van der Waals surface area contributed by atoms with Gasteiger partial charge >= 0.3 is 0 Å². The number of anilines is 1. The number of rotatable bonds is 5. The van der Waals surface area contributed by atoms with Crippen LogP contribution in [0.4, 0.5) is 5.69 Å². The molecule has 4 N–H and O–H groups in total. The van der Waals surface area contributed by atoms with Gasteiger partial charge in [-0.05, 0) is 93.0 Å². The molecule has 4 aliphatic carbocycles. The smallest absolute Gasteiger partial charge is 0.193 e. The summed E-state index contributed by atoms with van der Waals surface area (Å²) < 4.78 is 13.6. The minimum absolute atomic E-state index is 0.00178. The van der Waals surface area contributed by atoms with Crippen LogP contribution in [-0.2, 0) is 24.8 Å². The first-order valence-corrected chi connectivity index (χ1v) is 16.0. The zero-order valence-electron chi connectivity index (χ0n) is 24.8. The Morgan fingerprint density at radius 2 is 1.74 bits per heavy atom. The summed E-state index contributed by atoms with van der Waals surface area (Å²) in [6, 6.07) is 15.7. The molecule has 7 rings (SSSR count). The van der Waals surface area contributed by atoms with E-state index in [-0.39, 0.29) is 23.5 Å². The molecule has 2 aromatic rings. The zero-order valence-corrected chi connectivity index (χ0v) is 25.6. The Kier molecular flexibility index (Phi) is 6.66. The van der Waals surface area contributed by atoms with Crippen molar-refractivity contribution in [3.05, 3.63) is 77.9 Å². The Labute approximate surface area is 256 Å². The lowest BCUT2D eigenvalue weighted by molar-refractivity contribution is -0.237. The monoisotopic (exact) mass is 601 g/mol. The highest BCUT2D eigenvalue weighted by Gasteiger charge is 2.77. The van der Waals surface area contributed by atoms with Gasteiger partial charge in [0.15, 0.2) is 23.0 Å². The van der Waals surface area contributed by atoms with Crippen molar-refractivity contribution in [1.82, 2.24) is 0 Å². The van der Waals surface area contributed by atoms with Crippen LogP contribution in [0.15, 0.2) is 82.1 Å². The summed E-state index contributed by atoms with van der Waals surface area (Å²) in [4.78, 5) is 28.2. The summed E-state index contributed by atoms with van der Waals surface area (Å²) in [5, 5.41) is 22.2. The van der Waals surface area contributed by atoms with Gasteiger partial charge in [-0.3, -0.25) is 9.59 Å². The number of aliphatic hydroxyl groups excluding tert-OH is 2. The van der Waals surface area contributed by atoms with Crippen LogP contribution in [0.5, 0.6) is 0 Å². The standard InChI is InChI=1S/C35H39NO6S/c1-32-15-14-23(38)16-21(32)6-13-26-27-17-30-35(29(40)19-37,33(27,2)18-28(39)31(26)32)42-34(3,41-30)20-4-9-24(10-5-20)43-25-11-7-22(36)8-12-25/h4-5,7-12,14-16,26-28,30-31,37,39H,6,13,17-19,36H2,1-3H3/t26-,27-,28-,30-,31+,32-,33-,34+,35?/m0/s1. The zero-order chi connectivity index (χ0) is 30.4. The first kappa shape index (κ1) is 29.0. The topological polar surface area (TPSA) is 119 Å². The predicted octanol–water partition coefficient (Wildman–Crippen LogP) is 5.20. The maximum Gasteiger partial charge on any atom is 0.193 e. The highest BCUT2D eigenvalue weighted by Crippen LogP contribution is 2.71. The van der Waals surface area contributed by atoms with Gasteiger partial charge in [-0.1, -0.05) is 49.4 Å². The van der Waals surface area contributed by atoms with Crippen LogP contribution >= 0.6 is 11.8 Å². The van der Waals surface area contributed by atoms with E-state index in [1.807, 2.05) is 61.5 Å². The fraction of sp³-hybridized carbons (Fsp3) is 0.486. The molecule has 4 fully saturated rings. The summed E-state index contributed by atoms with van der Waals surface area (Å²) in [5.74, 6) is -1.50. The maximum atomic E-state index is 13.9. The van der Waals surface area contributed by atoms with Crippen molar-refractivity contribution in [3.63, 3.8) is 0 Å². The molecule has 9 atom stereocenters. The lowest BCUT2D eigenvalue weighted by Gasteiger charge is -2.60. The van der Waals surface area contributed by atoms with Crippen LogP contribution in [0.2, 0.25) is 0 Å². The fourth-order valence-electron chi connectivity index (χ4n) is 9.51. The van der Waals surface area contributed by atoms with E-state index >= 15 is 0 Å². The van der Waals surface area contributed by atoms with Gasteiger partial charge in [-0.2, -0.15) is 0 Å². The van der Waals surface area contributed by atoms with Gasteiger partial charge in [0.25, 0.3) is 0 Å². The van der Waals surface area contributed by atoms with Crippen LogP contribution < -0.4 is 5.73 Å². The number of benzene rings is 2. The van der Waals surface area contributed by atoms with E-state index in [9.17, 15) is 19.8 Å². The number of hydrogen-bond acceptors (Lipinski definition) is 8. The third-order valence-corrected chi connectivity index (χ3v) is 12.4. The normalized spacial score (nSPS) is 41.2. The molecule has 1 saturated heterocycles. The Hall–Kier alpha value is -2.75. The van der Waals surface area contributed by atoms with Crippen LogP contribution in [0.1, 0.15) is 52.0 Å². The largest absolute Gasteiger partial charge is 0.399 e. The molecule has 0 amide bonds. The van der Waals surface area contributed by atoms with E-state index in [1.54, 1.807) is 23.9 Å². The first-order valence-electron chi connectivity index (χ1n) is 15.2. The van der Waals surface area contributed by atoms with Crippen LogP contribution in [-0.4, -0.2) is 46.2 Å². The molecular weight excluding hydrogens is 562 g/mol. The predicted molar refractivity (Wildman–Crippen MR) is 163 cm³/mol. The summed E-state index contributed by atoms with van der Waals surface area (Å²) in [6.45, 7) is 5.38. The lowest BCUT2D eigenvalue weighted by Crippen LogP contribution is -2.63. The molecule has 5 aliphatic rings. The Bertz CT molecular complexity index is 1540. The number of aliphatic hydroxyl groups is 2. The second-order valence-corrected chi connectivity index (χ2v) is 14.8. The SMILES string of the molecule is C[C@@]1(c2ccc(Sc3ccc(N)cc3)cc2)O[C@H]2C[C@H]3[C@@H]4CCC5=CC(=O)C=C[C@]5(C)[C@H]4[C@@H](O)C[C@]3(C)C2(C(=O)CO)O1. The molecular formula is C35H39NO6S. The van der Waals surface area contributed by atoms with E-state index in [1.165, 1.54) is 0 Å². The summed E-state index contributed by atoms with van der Waals surface area (Å²) in [7, 11) is 0. The number of carbonyl (C=O) groups excluding carboxylic acids is 2. The van der Waals surface area contributed by atoms with Gasteiger partial charge in [0, 0.05) is 37.8 Å². The molecule has 0 aromatic heterocycles. The Balaban J connectivity index is 1.20. The van der Waals surface area contributed by atoms with E-state index in [4.69, 9.17) is 15.2 Å². The summed E-state index contributed by atoms with van der Waals surface area (Å²) in [5.41, 5.74) is 5.88. The quantitative estimate of drug-likeness (QED) is 0.401. The van der Waals surface area contributed by atoms with Gasteiger partial charge < -0.3 is 25.4 Å². The second kappa shape index (κ2) is 9.88. The highest BCUT2D eigenvalue weighted by atomic mass is 32.2. The molecule has 43 heavy (non-hydrogen) atoms. The number of hydrogen-bond donors (Lipinski definition) is 3. The van der Waals surface area contributed by atoms with Gasteiger partial charge in [0.05, 0.1) is 12.2 Å². The number of ether oxygens (including phenoxy) is 2. The molecule has 226 valence electrons. The van der Waals surface area contributed by atoms with E-state index in [0.717, 1.165) is 39.5 Å². The van der Waals surface area contributed by atoms with Crippen molar-refractivity contribution in [2.45, 2.75) is 79.8 Å². The summed E-state index contributed by atoms with van der Waals surface area (Å²) in [6.07, 6.45) is 6.64. The number of fused-ring (bicyclic) bond motifs is 7. The van der Waals surface area contributed by atoms with E-state index in [0.29, 0.717) is 12.8 Å². The molecule has 7 nitrogen and oxygen atoms in total. The number of nitrogen functional groups attached to an aromatic ring is 1. The third-order valence-electron chi connectivity index (χ3n) is 11.4. The first-order chi connectivity index (χ1) is 20.4. The number of ketones is 2. The van der Waals surface area contributed by atoms with Crippen LogP contribution in [0.25, 0.3) is 0 Å². The molecule has 2 aromatic carbocycles. The van der Waals surface area contributed by atoms with Gasteiger partial charge in [-0.15, -0.1) is 0 Å².